The van der Waals surface area contributed by atoms with E-state index in [9.17, 15) is 5.11 Å². The van der Waals surface area contributed by atoms with Crippen LogP contribution in [-0.4, -0.2) is 53.7 Å². The van der Waals surface area contributed by atoms with E-state index in [0.29, 0.717) is 23.7 Å². The molecule has 2 aromatic rings. The summed E-state index contributed by atoms with van der Waals surface area (Å²) < 4.78 is 10.9. The molecule has 0 amide bonds. The van der Waals surface area contributed by atoms with Crippen LogP contribution in [0.1, 0.15) is 36.5 Å². The zero-order chi connectivity index (χ0) is 20.0. The van der Waals surface area contributed by atoms with E-state index in [1.165, 1.54) is 0 Å². The number of nitrogens with zero attached hydrogens (tertiary/aromatic N) is 2. The molecule has 1 atom stereocenters. The zero-order valence-electron chi connectivity index (χ0n) is 16.2. The Morgan fingerprint density at radius 1 is 1.15 bits per heavy atom. The second-order valence-electron chi connectivity index (χ2n) is 6.56. The number of hydrogen-bond donors (Lipinski definition) is 4. The monoisotopic (exact) mass is 376 g/mol. The molecule has 0 saturated heterocycles. The molecule has 2 rings (SSSR count). The minimum Gasteiger partial charge on any atom is -0.493 e. The predicted octanol–water partition coefficient (Wildman–Crippen LogP) is 1.56. The summed E-state index contributed by atoms with van der Waals surface area (Å²) in [4.78, 5) is 8.33. The molecule has 1 aromatic heterocycles. The molecule has 1 aromatic carbocycles. The average molecular weight is 376 g/mol. The normalized spacial score (nSPS) is 12.1. The molecule has 0 spiro atoms. The smallest absolute Gasteiger partial charge is 0.221 e. The van der Waals surface area contributed by atoms with E-state index in [1.54, 1.807) is 20.4 Å². The zero-order valence-corrected chi connectivity index (χ0v) is 16.2. The van der Waals surface area contributed by atoms with Gasteiger partial charge in [0.05, 0.1) is 26.9 Å². The molecule has 5 N–H and O–H groups in total. The summed E-state index contributed by atoms with van der Waals surface area (Å²) in [5, 5.41) is 21.6. The minimum absolute atomic E-state index is 0.135. The van der Waals surface area contributed by atoms with Crippen LogP contribution in [0.15, 0.2) is 18.3 Å². The van der Waals surface area contributed by atoms with Gasteiger partial charge in [-0.05, 0) is 29.2 Å². The lowest BCUT2D eigenvalue weighted by atomic mass is 9.92. The van der Waals surface area contributed by atoms with Crippen molar-refractivity contribution >= 4 is 11.8 Å². The fourth-order valence-corrected chi connectivity index (χ4v) is 2.81. The van der Waals surface area contributed by atoms with E-state index >= 15 is 0 Å². The lowest BCUT2D eigenvalue weighted by molar-refractivity contribution is 0.105. The van der Waals surface area contributed by atoms with Crippen molar-refractivity contribution in [1.82, 2.24) is 9.97 Å². The van der Waals surface area contributed by atoms with Crippen LogP contribution in [-0.2, 0) is 6.42 Å². The first-order valence-electron chi connectivity index (χ1n) is 8.78. The highest BCUT2D eigenvalue weighted by atomic mass is 16.5. The van der Waals surface area contributed by atoms with Gasteiger partial charge in [-0.2, -0.15) is 4.98 Å². The van der Waals surface area contributed by atoms with Gasteiger partial charge in [-0.25, -0.2) is 4.98 Å². The molecule has 148 valence electrons. The van der Waals surface area contributed by atoms with Crippen LogP contribution >= 0.6 is 0 Å². The SMILES string of the molecule is COc1cc(Cc2cnc(N)nc2NCC(O)CO)c(C(C)C)cc1OC. The summed E-state index contributed by atoms with van der Waals surface area (Å²) >= 11 is 0. The quantitative estimate of drug-likeness (QED) is 0.520. The minimum atomic E-state index is -0.888. The Bertz CT molecular complexity index is 768. The van der Waals surface area contributed by atoms with Crippen molar-refractivity contribution in [3.05, 3.63) is 35.0 Å². The van der Waals surface area contributed by atoms with Crippen LogP contribution in [0.2, 0.25) is 0 Å². The third-order valence-corrected chi connectivity index (χ3v) is 4.25. The fourth-order valence-electron chi connectivity index (χ4n) is 2.81. The van der Waals surface area contributed by atoms with Gasteiger partial charge in [0, 0.05) is 24.7 Å². The van der Waals surface area contributed by atoms with Gasteiger partial charge in [-0.1, -0.05) is 13.8 Å². The van der Waals surface area contributed by atoms with Gasteiger partial charge in [-0.15, -0.1) is 0 Å². The van der Waals surface area contributed by atoms with Gasteiger partial charge >= 0.3 is 0 Å². The number of nitrogens with one attached hydrogen (secondary N) is 1. The number of aromatic nitrogens is 2. The largest absolute Gasteiger partial charge is 0.493 e. The predicted molar refractivity (Wildman–Crippen MR) is 104 cm³/mol. The van der Waals surface area contributed by atoms with Crippen molar-refractivity contribution < 1.29 is 19.7 Å². The number of ether oxygens (including phenoxy) is 2. The maximum absolute atomic E-state index is 9.59. The standard InChI is InChI=1S/C19H28N4O4/c1-11(2)15-7-17(27-4)16(26-3)6-12(15)5-13-8-22-19(20)23-18(13)21-9-14(25)10-24/h6-8,11,14,24-25H,5,9-10H2,1-4H3,(H3,20,21,22,23). The Morgan fingerprint density at radius 2 is 1.81 bits per heavy atom. The molecule has 0 aliphatic rings. The first kappa shape index (κ1) is 20.7. The van der Waals surface area contributed by atoms with Gasteiger partial charge in [0.1, 0.15) is 5.82 Å². The molecule has 0 aliphatic heterocycles. The van der Waals surface area contributed by atoms with Gasteiger partial charge in [0.15, 0.2) is 11.5 Å². The Labute approximate surface area is 159 Å². The number of nitrogen functional groups attached to an aromatic ring is 1. The summed E-state index contributed by atoms with van der Waals surface area (Å²) in [6.45, 7) is 4.04. The second kappa shape index (κ2) is 9.38. The van der Waals surface area contributed by atoms with Gasteiger partial charge in [0.2, 0.25) is 5.95 Å². The maximum Gasteiger partial charge on any atom is 0.221 e. The van der Waals surface area contributed by atoms with Crippen LogP contribution in [0.4, 0.5) is 11.8 Å². The number of methoxy groups -OCH3 is 2. The summed E-state index contributed by atoms with van der Waals surface area (Å²) in [6, 6.07) is 3.94. The molecular formula is C19H28N4O4. The topological polar surface area (TPSA) is 123 Å². The third-order valence-electron chi connectivity index (χ3n) is 4.25. The highest BCUT2D eigenvalue weighted by Crippen LogP contribution is 2.35. The molecule has 27 heavy (non-hydrogen) atoms. The fraction of sp³-hybridized carbons (Fsp3) is 0.474. The number of rotatable bonds is 9. The van der Waals surface area contributed by atoms with Crippen LogP contribution in [0, 0.1) is 0 Å². The van der Waals surface area contributed by atoms with Crippen molar-refractivity contribution in [2.75, 3.05) is 38.4 Å². The number of nitrogens with two attached hydrogens (primary N) is 1. The first-order chi connectivity index (χ1) is 12.9. The summed E-state index contributed by atoms with van der Waals surface area (Å²) in [5.74, 6) is 2.28. The third kappa shape index (κ3) is 5.21. The Morgan fingerprint density at radius 3 is 2.41 bits per heavy atom. The summed E-state index contributed by atoms with van der Waals surface area (Å²) in [6.07, 6.45) is 1.32. The van der Waals surface area contributed by atoms with Crippen molar-refractivity contribution in [2.45, 2.75) is 32.3 Å². The lowest BCUT2D eigenvalue weighted by Gasteiger charge is -2.19. The Balaban J connectivity index is 2.41. The molecule has 8 nitrogen and oxygen atoms in total. The van der Waals surface area contributed by atoms with Crippen LogP contribution < -0.4 is 20.5 Å². The number of hydrogen-bond acceptors (Lipinski definition) is 8. The van der Waals surface area contributed by atoms with Crippen LogP contribution in [0.5, 0.6) is 11.5 Å². The molecule has 0 radical (unpaired) electrons. The van der Waals surface area contributed by atoms with Gasteiger partial charge < -0.3 is 30.7 Å². The highest BCUT2D eigenvalue weighted by Gasteiger charge is 2.16. The number of benzene rings is 1. The molecular weight excluding hydrogens is 348 g/mol. The van der Waals surface area contributed by atoms with E-state index in [-0.39, 0.29) is 25.0 Å². The second-order valence-corrected chi connectivity index (χ2v) is 6.56. The maximum atomic E-state index is 9.59. The molecule has 1 heterocycles. The first-order valence-corrected chi connectivity index (χ1v) is 8.78. The Hall–Kier alpha value is -2.58. The van der Waals surface area contributed by atoms with Gasteiger partial charge in [0.25, 0.3) is 0 Å². The molecule has 1 unspecified atom stereocenters. The molecule has 0 aliphatic carbocycles. The summed E-state index contributed by atoms with van der Waals surface area (Å²) in [7, 11) is 3.22. The molecule has 0 saturated carbocycles. The van der Waals surface area contributed by atoms with E-state index in [1.807, 2.05) is 12.1 Å². The molecule has 8 heteroatoms. The van der Waals surface area contributed by atoms with E-state index in [2.05, 4.69) is 29.1 Å². The van der Waals surface area contributed by atoms with Crippen LogP contribution in [0.25, 0.3) is 0 Å². The van der Waals surface area contributed by atoms with Crippen molar-refractivity contribution in [2.24, 2.45) is 0 Å². The van der Waals surface area contributed by atoms with E-state index in [4.69, 9.17) is 20.3 Å². The van der Waals surface area contributed by atoms with Crippen molar-refractivity contribution in [3.8, 4) is 11.5 Å². The number of aliphatic hydroxyl groups excluding tert-OH is 2. The highest BCUT2D eigenvalue weighted by molar-refractivity contribution is 5.53. The van der Waals surface area contributed by atoms with Crippen molar-refractivity contribution in [1.29, 1.82) is 0 Å². The number of anilines is 2. The lowest BCUT2D eigenvalue weighted by Crippen LogP contribution is -2.24. The van der Waals surface area contributed by atoms with E-state index < -0.39 is 6.10 Å². The van der Waals surface area contributed by atoms with Crippen LogP contribution in [0.3, 0.4) is 0 Å². The molecule has 0 fully saturated rings. The average Bonchev–Trinajstić information content (AvgIpc) is 2.66. The molecule has 0 bridgehead atoms. The number of aliphatic hydroxyl groups is 2. The van der Waals surface area contributed by atoms with Crippen molar-refractivity contribution in [3.63, 3.8) is 0 Å². The van der Waals surface area contributed by atoms with E-state index in [0.717, 1.165) is 16.7 Å². The Kier molecular flexibility index (Phi) is 7.20. The van der Waals surface area contributed by atoms with Gasteiger partial charge in [-0.3, -0.25) is 0 Å². The summed E-state index contributed by atoms with van der Waals surface area (Å²) in [5.41, 5.74) is 8.72.